The van der Waals surface area contributed by atoms with Gasteiger partial charge in [0.1, 0.15) is 5.75 Å². The number of fused-ring (bicyclic) bond motifs is 3. The second-order valence-corrected chi connectivity index (χ2v) is 6.88. The summed E-state index contributed by atoms with van der Waals surface area (Å²) in [5.41, 5.74) is 2.65. The molecule has 120 valence electrons. The minimum atomic E-state index is -0.0220. The van der Waals surface area contributed by atoms with Crippen molar-refractivity contribution in [1.29, 1.82) is 0 Å². The molecule has 2 heterocycles. The molecule has 0 unspecified atom stereocenters. The molecule has 0 aliphatic heterocycles. The maximum atomic E-state index is 12.7. The average molecular weight is 336 g/mol. The second-order valence-electron chi connectivity index (χ2n) is 5.87. The van der Waals surface area contributed by atoms with Gasteiger partial charge >= 0.3 is 0 Å². The molecule has 4 rings (SSSR count). The molecule has 0 saturated carbocycles. The molecule has 4 nitrogen and oxygen atoms in total. The molecular weight excluding hydrogens is 320 g/mol. The van der Waals surface area contributed by atoms with E-state index in [4.69, 9.17) is 4.74 Å². The molecule has 2 aromatic carbocycles. The van der Waals surface area contributed by atoms with Crippen LogP contribution in [0.5, 0.6) is 5.75 Å². The van der Waals surface area contributed by atoms with Crippen LogP contribution in [0.15, 0.2) is 53.3 Å². The summed E-state index contributed by atoms with van der Waals surface area (Å²) in [5, 5.41) is 0. The Hall–Kier alpha value is -2.66. The Balaban J connectivity index is 1.80. The van der Waals surface area contributed by atoms with Gasteiger partial charge in [0.05, 0.1) is 21.7 Å². The number of para-hydroxylation sites is 2. The predicted molar refractivity (Wildman–Crippen MR) is 97.8 cm³/mol. The Bertz CT molecular complexity index is 1120. The number of ether oxygens (including phenoxy) is 1. The zero-order valence-corrected chi connectivity index (χ0v) is 14.2. The number of imidazole rings is 1. The van der Waals surface area contributed by atoms with Gasteiger partial charge in [-0.05, 0) is 49.8 Å². The lowest BCUT2D eigenvalue weighted by Crippen LogP contribution is -2.22. The topological polar surface area (TPSA) is 43.6 Å². The van der Waals surface area contributed by atoms with Crippen molar-refractivity contribution in [3.8, 4) is 5.75 Å². The summed E-state index contributed by atoms with van der Waals surface area (Å²) in [6.07, 6.45) is 2.04. The van der Waals surface area contributed by atoms with E-state index in [0.717, 1.165) is 27.3 Å². The van der Waals surface area contributed by atoms with Gasteiger partial charge in [0.25, 0.3) is 5.56 Å². The van der Waals surface area contributed by atoms with Crippen molar-refractivity contribution < 1.29 is 4.74 Å². The Morgan fingerprint density at radius 2 is 1.88 bits per heavy atom. The first kappa shape index (κ1) is 14.9. The number of hydrogen-bond donors (Lipinski definition) is 0. The molecule has 4 aromatic rings. The number of nitrogens with zero attached hydrogens (tertiary/aromatic N) is 2. The van der Waals surface area contributed by atoms with Gasteiger partial charge in [0, 0.05) is 0 Å². The zero-order chi connectivity index (χ0) is 16.7. The minimum absolute atomic E-state index is 0.0220. The lowest BCUT2D eigenvalue weighted by Gasteiger charge is -2.09. The molecule has 0 bridgehead atoms. The summed E-state index contributed by atoms with van der Waals surface area (Å²) in [6.45, 7) is 3.99. The van der Waals surface area contributed by atoms with Crippen molar-refractivity contribution in [2.24, 2.45) is 0 Å². The van der Waals surface area contributed by atoms with E-state index in [1.165, 1.54) is 11.3 Å². The summed E-state index contributed by atoms with van der Waals surface area (Å²) in [5.74, 6) is 0.830. The number of thiazole rings is 1. The van der Waals surface area contributed by atoms with E-state index in [1.807, 2.05) is 68.5 Å². The zero-order valence-electron chi connectivity index (χ0n) is 13.4. The van der Waals surface area contributed by atoms with Crippen LogP contribution in [0.2, 0.25) is 0 Å². The fourth-order valence-electron chi connectivity index (χ4n) is 2.68. The van der Waals surface area contributed by atoms with Gasteiger partial charge in [0.2, 0.25) is 0 Å². The van der Waals surface area contributed by atoms with Crippen molar-refractivity contribution in [3.63, 3.8) is 0 Å². The summed E-state index contributed by atoms with van der Waals surface area (Å²) in [6, 6.07) is 15.4. The maximum Gasteiger partial charge on any atom is 0.274 e. The van der Waals surface area contributed by atoms with Gasteiger partial charge < -0.3 is 4.74 Å². The number of hydrogen-bond acceptors (Lipinski definition) is 4. The molecule has 2 aromatic heterocycles. The summed E-state index contributed by atoms with van der Waals surface area (Å²) in [7, 11) is 0. The number of rotatable bonds is 3. The lowest BCUT2D eigenvalue weighted by atomic mass is 10.2. The van der Waals surface area contributed by atoms with E-state index in [-0.39, 0.29) is 11.7 Å². The molecule has 0 spiro atoms. The van der Waals surface area contributed by atoms with Crippen molar-refractivity contribution in [3.05, 3.63) is 69.0 Å². The molecule has 0 aliphatic rings. The fraction of sp³-hybridized carbons (Fsp3) is 0.158. The Labute approximate surface area is 142 Å². The quantitative estimate of drug-likeness (QED) is 0.577. The van der Waals surface area contributed by atoms with Crippen molar-refractivity contribution >= 4 is 33.4 Å². The maximum absolute atomic E-state index is 12.7. The van der Waals surface area contributed by atoms with Gasteiger partial charge in [-0.1, -0.05) is 35.6 Å². The van der Waals surface area contributed by atoms with Crippen LogP contribution in [0.25, 0.3) is 22.1 Å². The summed E-state index contributed by atoms with van der Waals surface area (Å²) in [4.78, 5) is 18.0. The smallest absolute Gasteiger partial charge is 0.274 e. The molecule has 0 saturated heterocycles. The van der Waals surface area contributed by atoms with Crippen molar-refractivity contribution in [2.45, 2.75) is 20.0 Å². The highest BCUT2D eigenvalue weighted by Crippen LogP contribution is 2.17. The van der Waals surface area contributed by atoms with Crippen LogP contribution >= 0.6 is 11.3 Å². The third kappa shape index (κ3) is 2.57. The standard InChI is InChI=1S/C19H16N2O2S/c1-12(2)23-14-9-7-13(8-10-14)11-17-18(22)21-16-6-4-3-5-15(16)20-19(21)24-17/h3-12H,1-2H3/b17-11+. The van der Waals surface area contributed by atoms with Gasteiger partial charge in [-0.2, -0.15) is 0 Å². The largest absolute Gasteiger partial charge is 0.491 e. The van der Waals surface area contributed by atoms with E-state index in [0.29, 0.717) is 4.53 Å². The first-order valence-corrected chi connectivity index (χ1v) is 8.62. The highest BCUT2D eigenvalue weighted by molar-refractivity contribution is 7.15. The lowest BCUT2D eigenvalue weighted by molar-refractivity contribution is 0.242. The van der Waals surface area contributed by atoms with Gasteiger partial charge in [-0.3, -0.25) is 4.79 Å². The molecule has 0 fully saturated rings. The molecule has 0 aliphatic carbocycles. The molecule has 0 atom stereocenters. The average Bonchev–Trinajstić information content (AvgIpc) is 3.06. The number of benzene rings is 2. The van der Waals surface area contributed by atoms with E-state index < -0.39 is 0 Å². The van der Waals surface area contributed by atoms with Gasteiger partial charge in [-0.25, -0.2) is 9.38 Å². The van der Waals surface area contributed by atoms with Gasteiger partial charge in [0.15, 0.2) is 4.96 Å². The van der Waals surface area contributed by atoms with E-state index in [9.17, 15) is 4.79 Å². The monoisotopic (exact) mass is 336 g/mol. The minimum Gasteiger partial charge on any atom is -0.491 e. The Morgan fingerprint density at radius 3 is 2.62 bits per heavy atom. The first-order valence-electron chi connectivity index (χ1n) is 7.80. The highest BCUT2D eigenvalue weighted by Gasteiger charge is 2.10. The van der Waals surface area contributed by atoms with E-state index >= 15 is 0 Å². The third-order valence-electron chi connectivity index (χ3n) is 3.69. The molecule has 0 amide bonds. The predicted octanol–water partition coefficient (Wildman–Crippen LogP) is 3.24. The molecule has 24 heavy (non-hydrogen) atoms. The summed E-state index contributed by atoms with van der Waals surface area (Å²) < 4.78 is 8.00. The van der Waals surface area contributed by atoms with Crippen molar-refractivity contribution in [2.75, 3.05) is 0 Å². The highest BCUT2D eigenvalue weighted by atomic mass is 32.1. The third-order valence-corrected chi connectivity index (χ3v) is 4.66. The Morgan fingerprint density at radius 1 is 1.12 bits per heavy atom. The van der Waals surface area contributed by atoms with Crippen molar-refractivity contribution in [1.82, 2.24) is 9.38 Å². The van der Waals surface area contributed by atoms with Crippen LogP contribution in [-0.4, -0.2) is 15.5 Å². The van der Waals surface area contributed by atoms with Crippen LogP contribution in [-0.2, 0) is 0 Å². The Kier molecular flexibility index (Phi) is 3.58. The first-order chi connectivity index (χ1) is 11.6. The molecular formula is C19H16N2O2S. The normalized spacial score (nSPS) is 12.5. The number of aromatic nitrogens is 2. The van der Waals surface area contributed by atoms with Crippen LogP contribution in [0.1, 0.15) is 19.4 Å². The molecule has 5 heteroatoms. The van der Waals surface area contributed by atoms with Crippen LogP contribution in [0.3, 0.4) is 0 Å². The van der Waals surface area contributed by atoms with Gasteiger partial charge in [-0.15, -0.1) is 0 Å². The summed E-state index contributed by atoms with van der Waals surface area (Å²) >= 11 is 1.41. The van der Waals surface area contributed by atoms with Crippen LogP contribution < -0.4 is 14.8 Å². The van der Waals surface area contributed by atoms with E-state index in [2.05, 4.69) is 4.98 Å². The second kappa shape index (κ2) is 5.76. The van der Waals surface area contributed by atoms with Crippen LogP contribution in [0, 0.1) is 0 Å². The van der Waals surface area contributed by atoms with E-state index in [1.54, 1.807) is 4.40 Å². The molecule has 0 N–H and O–H groups in total. The molecule has 0 radical (unpaired) electrons. The SMILES string of the molecule is CC(C)Oc1ccc(/C=c2/sc3nc4ccccc4n3c2=O)cc1. The van der Waals surface area contributed by atoms with Crippen LogP contribution in [0.4, 0.5) is 0 Å². The fourth-order valence-corrected chi connectivity index (χ4v) is 3.67.